The van der Waals surface area contributed by atoms with Crippen LogP contribution in [0.4, 0.5) is 0 Å². The van der Waals surface area contributed by atoms with Crippen LogP contribution in [0.25, 0.3) is 0 Å². The van der Waals surface area contributed by atoms with Crippen LogP contribution in [0.2, 0.25) is 0 Å². The lowest BCUT2D eigenvalue weighted by Gasteiger charge is -2.34. The van der Waals surface area contributed by atoms with Crippen molar-refractivity contribution in [2.75, 3.05) is 6.54 Å². The lowest BCUT2D eigenvalue weighted by Crippen LogP contribution is -2.49. The van der Waals surface area contributed by atoms with Gasteiger partial charge in [-0.05, 0) is 19.3 Å². The van der Waals surface area contributed by atoms with E-state index in [2.05, 4.69) is 0 Å². The Morgan fingerprint density at radius 3 is 2.36 bits per heavy atom. The minimum Gasteiger partial charge on any atom is -0.481 e. The van der Waals surface area contributed by atoms with Crippen molar-refractivity contribution in [1.82, 2.24) is 4.90 Å². The highest BCUT2D eigenvalue weighted by molar-refractivity contribution is 6.35. The van der Waals surface area contributed by atoms with E-state index in [1.165, 1.54) is 4.90 Å². The Morgan fingerprint density at radius 1 is 1.23 bits per heavy atom. The largest absolute Gasteiger partial charge is 0.481 e. The number of carbonyl (C=O) groups is 4. The number of ketones is 1. The second-order valence-electron chi connectivity index (χ2n) is 6.06. The van der Waals surface area contributed by atoms with Gasteiger partial charge in [0.25, 0.3) is 5.78 Å². The first kappa shape index (κ1) is 18.1. The number of nitrogens with zero attached hydrogens (tertiary/aromatic N) is 1. The Kier molecular flexibility index (Phi) is 6.08. The number of carboxylic acids is 2. The molecule has 0 saturated carbocycles. The van der Waals surface area contributed by atoms with Gasteiger partial charge in [-0.3, -0.25) is 14.4 Å². The maximum atomic E-state index is 12.8. The SMILES string of the molecule is CCCCC(C)(CC(=O)O)C(=O)N1CCCC1C(=O)C(=O)O. The molecular weight excluding hydrogens is 290 g/mol. The zero-order chi connectivity index (χ0) is 16.9. The van der Waals surface area contributed by atoms with E-state index in [0.29, 0.717) is 32.2 Å². The van der Waals surface area contributed by atoms with Gasteiger partial charge in [0.15, 0.2) is 0 Å². The van der Waals surface area contributed by atoms with Gasteiger partial charge < -0.3 is 15.1 Å². The molecule has 1 fully saturated rings. The summed E-state index contributed by atoms with van der Waals surface area (Å²) in [6, 6.07) is -0.972. The summed E-state index contributed by atoms with van der Waals surface area (Å²) < 4.78 is 0. The van der Waals surface area contributed by atoms with E-state index in [1.54, 1.807) is 6.92 Å². The third-order valence-corrected chi connectivity index (χ3v) is 4.17. The van der Waals surface area contributed by atoms with Gasteiger partial charge in [0.05, 0.1) is 11.8 Å². The molecular formula is C15H23NO6. The number of hydrogen-bond acceptors (Lipinski definition) is 4. The predicted octanol–water partition coefficient (Wildman–Crippen LogP) is 1.30. The van der Waals surface area contributed by atoms with Crippen LogP contribution in [0.5, 0.6) is 0 Å². The molecule has 7 nitrogen and oxygen atoms in total. The predicted molar refractivity (Wildman–Crippen MR) is 77.3 cm³/mol. The second-order valence-corrected chi connectivity index (χ2v) is 6.06. The summed E-state index contributed by atoms with van der Waals surface area (Å²) in [5, 5.41) is 17.9. The van der Waals surface area contributed by atoms with E-state index in [1.807, 2.05) is 6.92 Å². The number of carboxylic acid groups (broad SMARTS) is 2. The van der Waals surface area contributed by atoms with Crippen molar-refractivity contribution in [3.8, 4) is 0 Å². The van der Waals surface area contributed by atoms with Crippen LogP contribution < -0.4 is 0 Å². The van der Waals surface area contributed by atoms with E-state index < -0.39 is 35.1 Å². The molecule has 1 aliphatic rings. The molecule has 7 heteroatoms. The molecule has 0 radical (unpaired) electrons. The number of hydrogen-bond donors (Lipinski definition) is 2. The fraction of sp³-hybridized carbons (Fsp3) is 0.733. The average molecular weight is 313 g/mol. The maximum absolute atomic E-state index is 12.8. The molecule has 2 N–H and O–H groups in total. The van der Waals surface area contributed by atoms with Crippen LogP contribution >= 0.6 is 0 Å². The van der Waals surface area contributed by atoms with Crippen LogP contribution in [0, 0.1) is 5.41 Å². The molecule has 0 spiro atoms. The third-order valence-electron chi connectivity index (χ3n) is 4.17. The highest BCUT2D eigenvalue weighted by Gasteiger charge is 2.44. The molecule has 0 aliphatic carbocycles. The molecule has 0 aromatic heterocycles. The average Bonchev–Trinajstić information content (AvgIpc) is 2.91. The van der Waals surface area contributed by atoms with Crippen LogP contribution in [0.3, 0.4) is 0 Å². The molecule has 1 aliphatic heterocycles. The van der Waals surface area contributed by atoms with E-state index in [9.17, 15) is 19.2 Å². The number of amides is 1. The fourth-order valence-corrected chi connectivity index (χ4v) is 2.94. The number of carbonyl (C=O) groups excluding carboxylic acids is 2. The Hall–Kier alpha value is -1.92. The van der Waals surface area contributed by atoms with Gasteiger partial charge in [-0.25, -0.2) is 4.79 Å². The van der Waals surface area contributed by atoms with Crippen molar-refractivity contribution in [1.29, 1.82) is 0 Å². The maximum Gasteiger partial charge on any atom is 0.374 e. The number of unbranched alkanes of at least 4 members (excludes halogenated alkanes) is 1. The van der Waals surface area contributed by atoms with Crippen LogP contribution in [-0.2, 0) is 19.2 Å². The van der Waals surface area contributed by atoms with Crippen LogP contribution in [0.1, 0.15) is 52.4 Å². The normalized spacial score (nSPS) is 20.5. The zero-order valence-electron chi connectivity index (χ0n) is 13.0. The summed E-state index contributed by atoms with van der Waals surface area (Å²) in [6.45, 7) is 3.82. The number of rotatable bonds is 8. The third kappa shape index (κ3) is 4.05. The smallest absolute Gasteiger partial charge is 0.374 e. The van der Waals surface area contributed by atoms with Gasteiger partial charge >= 0.3 is 11.9 Å². The van der Waals surface area contributed by atoms with Crippen molar-refractivity contribution in [3.63, 3.8) is 0 Å². The summed E-state index contributed by atoms with van der Waals surface area (Å²) in [5.74, 6) is -4.06. The second kappa shape index (κ2) is 7.38. The minimum atomic E-state index is -1.56. The number of Topliss-reactive ketones (excluding diaryl/α,β-unsaturated/α-hetero) is 1. The first-order valence-electron chi connectivity index (χ1n) is 7.53. The zero-order valence-corrected chi connectivity index (χ0v) is 13.0. The van der Waals surface area contributed by atoms with E-state index in [4.69, 9.17) is 10.2 Å². The minimum absolute atomic E-state index is 0.295. The first-order chi connectivity index (χ1) is 10.2. The van der Waals surface area contributed by atoms with Gasteiger partial charge in [0, 0.05) is 6.54 Å². The van der Waals surface area contributed by atoms with Gasteiger partial charge in [-0.15, -0.1) is 0 Å². The molecule has 1 rings (SSSR count). The van der Waals surface area contributed by atoms with Crippen LogP contribution in [-0.4, -0.2) is 51.3 Å². The summed E-state index contributed by atoms with van der Waals surface area (Å²) in [7, 11) is 0. The van der Waals surface area contributed by atoms with E-state index in [0.717, 1.165) is 6.42 Å². The van der Waals surface area contributed by atoms with Gasteiger partial charge in [-0.2, -0.15) is 0 Å². The molecule has 2 atom stereocenters. The Morgan fingerprint density at radius 2 is 1.86 bits per heavy atom. The van der Waals surface area contributed by atoms with Gasteiger partial charge in [-0.1, -0.05) is 26.7 Å². The topological polar surface area (TPSA) is 112 Å². The Labute approximate surface area is 129 Å². The lowest BCUT2D eigenvalue weighted by atomic mass is 9.80. The standard InChI is InChI=1S/C15H23NO6/c1-3-4-7-15(2,9-11(17)18)14(22)16-8-5-6-10(16)12(19)13(20)21/h10H,3-9H2,1-2H3,(H,17,18)(H,20,21). The molecule has 1 heterocycles. The fourth-order valence-electron chi connectivity index (χ4n) is 2.94. The molecule has 0 aromatic carbocycles. The summed E-state index contributed by atoms with van der Waals surface area (Å²) in [6.07, 6.45) is 2.45. The van der Waals surface area contributed by atoms with Crippen molar-refractivity contribution in [3.05, 3.63) is 0 Å². The van der Waals surface area contributed by atoms with Crippen LogP contribution in [0.15, 0.2) is 0 Å². The van der Waals surface area contributed by atoms with Gasteiger partial charge in [0.2, 0.25) is 5.91 Å². The highest BCUT2D eigenvalue weighted by Crippen LogP contribution is 2.34. The molecule has 0 aromatic rings. The molecule has 0 bridgehead atoms. The Bertz CT molecular complexity index is 475. The monoisotopic (exact) mass is 313 g/mol. The quantitative estimate of drug-likeness (QED) is 0.653. The van der Waals surface area contributed by atoms with Crippen molar-refractivity contribution in [2.45, 2.75) is 58.4 Å². The summed E-state index contributed by atoms with van der Waals surface area (Å²) in [4.78, 5) is 47.7. The van der Waals surface area contributed by atoms with Crippen molar-refractivity contribution >= 4 is 23.6 Å². The lowest BCUT2D eigenvalue weighted by molar-refractivity contribution is -0.156. The molecule has 1 saturated heterocycles. The number of likely N-dealkylation sites (tertiary alicyclic amines) is 1. The first-order valence-corrected chi connectivity index (χ1v) is 7.53. The van der Waals surface area contributed by atoms with E-state index >= 15 is 0 Å². The highest BCUT2D eigenvalue weighted by atomic mass is 16.4. The van der Waals surface area contributed by atoms with E-state index in [-0.39, 0.29) is 6.42 Å². The molecule has 124 valence electrons. The molecule has 22 heavy (non-hydrogen) atoms. The number of aliphatic carboxylic acids is 2. The van der Waals surface area contributed by atoms with Gasteiger partial charge in [0.1, 0.15) is 6.04 Å². The molecule has 2 unspecified atom stereocenters. The Balaban J connectivity index is 2.99. The van der Waals surface area contributed by atoms with Crippen molar-refractivity contribution in [2.24, 2.45) is 5.41 Å². The van der Waals surface area contributed by atoms with Crippen molar-refractivity contribution < 1.29 is 29.4 Å². The summed E-state index contributed by atoms with van der Waals surface area (Å²) in [5.41, 5.74) is -1.11. The molecule has 1 amide bonds. The summed E-state index contributed by atoms with van der Waals surface area (Å²) >= 11 is 0.